The second-order valence-corrected chi connectivity index (χ2v) is 7.28. The molecule has 27 heavy (non-hydrogen) atoms. The Kier molecular flexibility index (Phi) is 5.67. The lowest BCUT2D eigenvalue weighted by atomic mass is 10.1. The van der Waals surface area contributed by atoms with Crippen molar-refractivity contribution in [2.45, 2.75) is 26.2 Å². The van der Waals surface area contributed by atoms with Crippen LogP contribution in [0.25, 0.3) is 0 Å². The van der Waals surface area contributed by atoms with E-state index in [4.69, 9.17) is 0 Å². The van der Waals surface area contributed by atoms with Crippen molar-refractivity contribution in [3.63, 3.8) is 0 Å². The van der Waals surface area contributed by atoms with Gasteiger partial charge in [-0.1, -0.05) is 6.92 Å². The van der Waals surface area contributed by atoms with Crippen molar-refractivity contribution >= 4 is 23.1 Å². The molecule has 0 radical (unpaired) electrons. The minimum Gasteiger partial charge on any atom is -0.372 e. The van der Waals surface area contributed by atoms with Crippen LogP contribution in [0.3, 0.4) is 0 Å². The molecule has 3 heterocycles. The van der Waals surface area contributed by atoms with Crippen molar-refractivity contribution in [3.8, 4) is 0 Å². The molecule has 0 bridgehead atoms. The van der Waals surface area contributed by atoms with Gasteiger partial charge in [0.25, 0.3) is 0 Å². The average molecular weight is 368 g/mol. The van der Waals surface area contributed by atoms with E-state index in [0.29, 0.717) is 5.95 Å². The highest BCUT2D eigenvalue weighted by atomic mass is 15.3. The fraction of sp³-hybridized carbons (Fsp3) is 0.550. The van der Waals surface area contributed by atoms with Gasteiger partial charge in [-0.25, -0.2) is 0 Å². The highest BCUT2D eigenvalue weighted by molar-refractivity contribution is 5.60. The molecule has 0 unspecified atom stereocenters. The van der Waals surface area contributed by atoms with Crippen molar-refractivity contribution < 1.29 is 0 Å². The van der Waals surface area contributed by atoms with Gasteiger partial charge in [0, 0.05) is 50.6 Å². The van der Waals surface area contributed by atoms with Crippen molar-refractivity contribution in [2.75, 3.05) is 60.9 Å². The van der Waals surface area contributed by atoms with Gasteiger partial charge in [0.1, 0.15) is 0 Å². The van der Waals surface area contributed by atoms with Crippen LogP contribution in [0, 0.1) is 0 Å². The van der Waals surface area contributed by atoms with Gasteiger partial charge in [0.15, 0.2) is 5.82 Å². The van der Waals surface area contributed by atoms with Gasteiger partial charge in [-0.15, -0.1) is 5.10 Å². The molecule has 2 aromatic rings. The summed E-state index contributed by atoms with van der Waals surface area (Å²) in [4.78, 5) is 11.9. The third kappa shape index (κ3) is 4.47. The van der Waals surface area contributed by atoms with Crippen molar-refractivity contribution in [1.82, 2.24) is 20.1 Å². The van der Waals surface area contributed by atoms with Crippen LogP contribution in [0.4, 0.5) is 23.1 Å². The van der Waals surface area contributed by atoms with E-state index >= 15 is 0 Å². The van der Waals surface area contributed by atoms with Crippen LogP contribution in [0.15, 0.2) is 30.5 Å². The Bertz CT molecular complexity index is 719. The standard InChI is InChI=1S/C20H29N7/c1-2-25-12-14-27(15-13-25)19-16-21-24-20(23-19)22-17-6-8-18(9-7-17)26-10-4-3-5-11-26/h6-9,16H,2-5,10-15H2,1H3,(H,22,23,24). The van der Waals surface area contributed by atoms with E-state index in [1.807, 2.05) is 0 Å². The largest absolute Gasteiger partial charge is 0.372 e. The minimum atomic E-state index is 0.552. The van der Waals surface area contributed by atoms with Gasteiger partial charge >= 0.3 is 0 Å². The van der Waals surface area contributed by atoms with E-state index in [0.717, 1.165) is 57.3 Å². The fourth-order valence-electron chi connectivity index (χ4n) is 3.83. The number of nitrogens with one attached hydrogen (secondary N) is 1. The normalized spacial score (nSPS) is 18.6. The molecule has 2 saturated heterocycles. The van der Waals surface area contributed by atoms with Crippen LogP contribution in [-0.2, 0) is 0 Å². The number of likely N-dealkylation sites (N-methyl/N-ethyl adjacent to an activating group) is 1. The molecule has 1 N–H and O–H groups in total. The Morgan fingerprint density at radius 3 is 2.33 bits per heavy atom. The van der Waals surface area contributed by atoms with Gasteiger partial charge in [0.05, 0.1) is 6.20 Å². The molecule has 1 aromatic heterocycles. The van der Waals surface area contributed by atoms with Gasteiger partial charge in [0.2, 0.25) is 5.95 Å². The van der Waals surface area contributed by atoms with Crippen molar-refractivity contribution in [1.29, 1.82) is 0 Å². The Morgan fingerprint density at radius 2 is 1.63 bits per heavy atom. The number of piperidine rings is 1. The Balaban J connectivity index is 1.39. The summed E-state index contributed by atoms with van der Waals surface area (Å²) in [6, 6.07) is 8.55. The lowest BCUT2D eigenvalue weighted by Crippen LogP contribution is -2.46. The lowest BCUT2D eigenvalue weighted by Gasteiger charge is -2.34. The van der Waals surface area contributed by atoms with E-state index in [9.17, 15) is 0 Å². The molecule has 1 aromatic carbocycles. The maximum absolute atomic E-state index is 4.67. The molecule has 144 valence electrons. The van der Waals surface area contributed by atoms with Crippen molar-refractivity contribution in [2.24, 2.45) is 0 Å². The van der Waals surface area contributed by atoms with Gasteiger partial charge < -0.3 is 20.0 Å². The second-order valence-electron chi connectivity index (χ2n) is 7.28. The first kappa shape index (κ1) is 18.0. The molecule has 0 amide bonds. The summed E-state index contributed by atoms with van der Waals surface area (Å²) in [6.45, 7) is 9.74. The lowest BCUT2D eigenvalue weighted by molar-refractivity contribution is 0.270. The molecule has 7 heteroatoms. The average Bonchev–Trinajstić information content (AvgIpc) is 2.75. The van der Waals surface area contributed by atoms with Crippen LogP contribution >= 0.6 is 0 Å². The summed E-state index contributed by atoms with van der Waals surface area (Å²) in [7, 11) is 0. The Morgan fingerprint density at radius 1 is 0.889 bits per heavy atom. The Labute approximate surface area is 161 Å². The first-order chi connectivity index (χ1) is 13.3. The maximum Gasteiger partial charge on any atom is 0.249 e. The van der Waals surface area contributed by atoms with Gasteiger partial charge in [-0.2, -0.15) is 10.1 Å². The highest BCUT2D eigenvalue weighted by Gasteiger charge is 2.17. The number of benzene rings is 1. The number of hydrogen-bond donors (Lipinski definition) is 1. The monoisotopic (exact) mass is 367 g/mol. The highest BCUT2D eigenvalue weighted by Crippen LogP contribution is 2.23. The quantitative estimate of drug-likeness (QED) is 0.872. The third-order valence-electron chi connectivity index (χ3n) is 5.53. The zero-order chi connectivity index (χ0) is 18.5. The number of piperazine rings is 1. The van der Waals surface area contributed by atoms with Crippen LogP contribution in [0.1, 0.15) is 26.2 Å². The molecule has 0 atom stereocenters. The maximum atomic E-state index is 4.67. The molecule has 2 aliphatic heterocycles. The zero-order valence-electron chi connectivity index (χ0n) is 16.1. The number of aromatic nitrogens is 3. The summed E-state index contributed by atoms with van der Waals surface area (Å²) in [6.07, 6.45) is 5.69. The van der Waals surface area contributed by atoms with Crippen LogP contribution < -0.4 is 15.1 Å². The predicted octanol–water partition coefficient (Wildman–Crippen LogP) is 2.75. The fourth-order valence-corrected chi connectivity index (χ4v) is 3.83. The third-order valence-corrected chi connectivity index (χ3v) is 5.53. The molecular formula is C20H29N7. The molecule has 4 rings (SSSR count). The second kappa shape index (κ2) is 8.52. The van der Waals surface area contributed by atoms with Crippen LogP contribution in [0.2, 0.25) is 0 Å². The summed E-state index contributed by atoms with van der Waals surface area (Å²) in [5.41, 5.74) is 2.28. The summed E-state index contributed by atoms with van der Waals surface area (Å²) < 4.78 is 0. The zero-order valence-corrected chi connectivity index (χ0v) is 16.1. The number of hydrogen-bond acceptors (Lipinski definition) is 7. The first-order valence-corrected chi connectivity index (χ1v) is 10.1. The molecule has 2 aliphatic rings. The first-order valence-electron chi connectivity index (χ1n) is 10.1. The summed E-state index contributed by atoms with van der Waals surface area (Å²) >= 11 is 0. The predicted molar refractivity (Wildman–Crippen MR) is 110 cm³/mol. The van der Waals surface area contributed by atoms with E-state index in [2.05, 4.69) is 66.4 Å². The van der Waals surface area contributed by atoms with E-state index in [1.165, 1.54) is 24.9 Å². The number of anilines is 4. The number of rotatable bonds is 5. The molecule has 7 nitrogen and oxygen atoms in total. The van der Waals surface area contributed by atoms with E-state index in [-0.39, 0.29) is 0 Å². The molecular weight excluding hydrogens is 338 g/mol. The Hall–Kier alpha value is -2.41. The molecule has 0 spiro atoms. The van der Waals surface area contributed by atoms with E-state index in [1.54, 1.807) is 6.20 Å². The van der Waals surface area contributed by atoms with Gasteiger partial charge in [-0.05, 0) is 50.1 Å². The SMILES string of the molecule is CCN1CCN(c2cnnc(Nc3ccc(N4CCCCC4)cc3)n2)CC1. The van der Waals surface area contributed by atoms with Crippen LogP contribution in [0.5, 0.6) is 0 Å². The number of nitrogens with zero attached hydrogens (tertiary/aromatic N) is 6. The van der Waals surface area contributed by atoms with Crippen LogP contribution in [-0.4, -0.2) is 65.9 Å². The molecule has 0 aliphatic carbocycles. The topological polar surface area (TPSA) is 60.4 Å². The van der Waals surface area contributed by atoms with Crippen molar-refractivity contribution in [3.05, 3.63) is 30.5 Å². The molecule has 2 fully saturated rings. The molecule has 0 saturated carbocycles. The summed E-state index contributed by atoms with van der Waals surface area (Å²) in [5, 5.41) is 11.6. The van der Waals surface area contributed by atoms with E-state index < -0.39 is 0 Å². The summed E-state index contributed by atoms with van der Waals surface area (Å²) in [5.74, 6) is 1.45. The smallest absolute Gasteiger partial charge is 0.249 e. The van der Waals surface area contributed by atoms with Gasteiger partial charge in [-0.3, -0.25) is 0 Å². The minimum absolute atomic E-state index is 0.552.